The second kappa shape index (κ2) is 9.75. The molecule has 0 radical (unpaired) electrons. The van der Waals surface area contributed by atoms with Crippen molar-refractivity contribution in [2.75, 3.05) is 11.1 Å². The highest BCUT2D eigenvalue weighted by Crippen LogP contribution is 2.21. The zero-order valence-corrected chi connectivity index (χ0v) is 18.5. The Bertz CT molecular complexity index is 1170. The fourth-order valence-electron chi connectivity index (χ4n) is 3.20. The highest BCUT2D eigenvalue weighted by molar-refractivity contribution is 7.99. The van der Waals surface area contributed by atoms with Crippen LogP contribution >= 0.6 is 11.8 Å². The largest absolute Gasteiger partial charge is 0.325 e. The highest BCUT2D eigenvalue weighted by Gasteiger charge is 2.11. The summed E-state index contributed by atoms with van der Waals surface area (Å²) in [6.07, 6.45) is 3.43. The van der Waals surface area contributed by atoms with Crippen molar-refractivity contribution in [2.24, 2.45) is 0 Å². The van der Waals surface area contributed by atoms with Crippen LogP contribution in [0.1, 0.15) is 30.9 Å². The van der Waals surface area contributed by atoms with Gasteiger partial charge in [-0.15, -0.1) is 10.2 Å². The third-order valence-electron chi connectivity index (χ3n) is 4.96. The molecular formula is C24H25N5OS. The second-order valence-corrected chi connectivity index (χ2v) is 8.46. The second-order valence-electron chi connectivity index (χ2n) is 7.47. The molecule has 0 saturated heterocycles. The summed E-state index contributed by atoms with van der Waals surface area (Å²) in [7, 11) is 0. The molecule has 2 aromatic carbocycles. The molecule has 4 rings (SSSR count). The van der Waals surface area contributed by atoms with Gasteiger partial charge in [0.05, 0.1) is 5.75 Å². The number of fused-ring (bicyclic) bond motifs is 1. The van der Waals surface area contributed by atoms with E-state index in [-0.39, 0.29) is 11.7 Å². The van der Waals surface area contributed by atoms with Crippen LogP contribution in [0.25, 0.3) is 17.0 Å². The van der Waals surface area contributed by atoms with E-state index in [2.05, 4.69) is 39.7 Å². The zero-order valence-electron chi connectivity index (χ0n) is 17.7. The highest BCUT2D eigenvalue weighted by atomic mass is 32.2. The maximum atomic E-state index is 12.4. The number of thioether (sulfide) groups is 1. The summed E-state index contributed by atoms with van der Waals surface area (Å²) in [4.78, 5) is 12.4. The molecule has 1 amide bonds. The number of aryl methyl sites for hydroxylation is 2. The predicted octanol–water partition coefficient (Wildman–Crippen LogP) is 5.17. The maximum absolute atomic E-state index is 12.4. The number of unbranched alkanes of at least 4 members (excludes halogenated alkanes) is 1. The molecule has 0 aliphatic rings. The van der Waals surface area contributed by atoms with Crippen molar-refractivity contribution < 1.29 is 4.79 Å². The summed E-state index contributed by atoms with van der Waals surface area (Å²) >= 11 is 1.39. The molecule has 6 nitrogen and oxygen atoms in total. The third-order valence-corrected chi connectivity index (χ3v) is 5.88. The molecule has 0 saturated carbocycles. The molecule has 0 atom stereocenters. The van der Waals surface area contributed by atoms with E-state index in [1.165, 1.54) is 35.7 Å². The van der Waals surface area contributed by atoms with Crippen molar-refractivity contribution >= 4 is 29.0 Å². The van der Waals surface area contributed by atoms with Gasteiger partial charge in [0.1, 0.15) is 5.03 Å². The molecule has 31 heavy (non-hydrogen) atoms. The summed E-state index contributed by atoms with van der Waals surface area (Å²) < 4.78 is 1.72. The summed E-state index contributed by atoms with van der Waals surface area (Å²) in [6.45, 7) is 4.23. The Morgan fingerprint density at radius 1 is 1.00 bits per heavy atom. The standard InChI is InChI=1S/C24H25N5OS/c1-3-4-5-18-8-12-20(13-9-18)25-22(30)16-31-23-15-14-21-26-27-24(29(21)28-23)19-10-6-17(2)7-11-19/h6-15H,3-5,16H2,1-2H3,(H,25,30). The molecule has 2 heterocycles. The van der Waals surface area contributed by atoms with Crippen molar-refractivity contribution in [1.82, 2.24) is 19.8 Å². The smallest absolute Gasteiger partial charge is 0.234 e. The lowest BCUT2D eigenvalue weighted by Gasteiger charge is -2.07. The minimum atomic E-state index is -0.0595. The first-order chi connectivity index (χ1) is 15.1. The van der Waals surface area contributed by atoms with Gasteiger partial charge in [-0.05, 0) is 49.6 Å². The van der Waals surface area contributed by atoms with Crippen LogP contribution in [0.2, 0.25) is 0 Å². The van der Waals surface area contributed by atoms with Gasteiger partial charge >= 0.3 is 0 Å². The lowest BCUT2D eigenvalue weighted by Crippen LogP contribution is -2.14. The Hall–Kier alpha value is -3.19. The zero-order chi connectivity index (χ0) is 21.6. The van der Waals surface area contributed by atoms with Gasteiger partial charge in [0.25, 0.3) is 0 Å². The molecule has 1 N–H and O–H groups in total. The first kappa shape index (κ1) is 21.1. The first-order valence-electron chi connectivity index (χ1n) is 10.4. The van der Waals surface area contributed by atoms with Gasteiger partial charge in [-0.3, -0.25) is 4.79 Å². The van der Waals surface area contributed by atoms with Crippen LogP contribution < -0.4 is 5.32 Å². The Kier molecular flexibility index (Phi) is 6.62. The predicted molar refractivity (Wildman–Crippen MR) is 125 cm³/mol. The summed E-state index contributed by atoms with van der Waals surface area (Å²) in [5, 5.41) is 16.8. The molecule has 0 bridgehead atoms. The first-order valence-corrected chi connectivity index (χ1v) is 11.4. The van der Waals surface area contributed by atoms with Gasteiger partial charge in [0.15, 0.2) is 11.5 Å². The minimum absolute atomic E-state index is 0.0595. The van der Waals surface area contributed by atoms with Crippen molar-refractivity contribution in [1.29, 1.82) is 0 Å². The van der Waals surface area contributed by atoms with E-state index < -0.39 is 0 Å². The van der Waals surface area contributed by atoms with Crippen molar-refractivity contribution in [2.45, 2.75) is 38.1 Å². The van der Waals surface area contributed by atoms with E-state index in [0.717, 1.165) is 22.7 Å². The van der Waals surface area contributed by atoms with Crippen LogP contribution in [0.4, 0.5) is 5.69 Å². The molecule has 0 aliphatic carbocycles. The minimum Gasteiger partial charge on any atom is -0.325 e. The molecular weight excluding hydrogens is 406 g/mol. The molecule has 4 aromatic rings. The topological polar surface area (TPSA) is 72.2 Å². The fraction of sp³-hybridized carbons (Fsp3) is 0.250. The number of hydrogen-bond donors (Lipinski definition) is 1. The van der Waals surface area contributed by atoms with Crippen LogP contribution in [0.15, 0.2) is 65.7 Å². The van der Waals surface area contributed by atoms with Crippen LogP contribution in [-0.4, -0.2) is 31.5 Å². The van der Waals surface area contributed by atoms with Crippen LogP contribution in [-0.2, 0) is 11.2 Å². The Morgan fingerprint density at radius 2 is 1.77 bits per heavy atom. The summed E-state index contributed by atoms with van der Waals surface area (Å²) in [6, 6.07) is 19.9. The van der Waals surface area contributed by atoms with Gasteiger partial charge in [0, 0.05) is 11.3 Å². The summed E-state index contributed by atoms with van der Waals surface area (Å²) in [5.74, 6) is 0.902. The van der Waals surface area contributed by atoms with Gasteiger partial charge in [-0.2, -0.15) is 9.61 Å². The van der Waals surface area contributed by atoms with Crippen molar-refractivity contribution in [3.63, 3.8) is 0 Å². The number of nitrogens with zero attached hydrogens (tertiary/aromatic N) is 4. The number of hydrogen-bond acceptors (Lipinski definition) is 5. The number of benzene rings is 2. The monoisotopic (exact) mass is 431 g/mol. The molecule has 7 heteroatoms. The number of amides is 1. The van der Waals surface area contributed by atoms with Crippen molar-refractivity contribution in [3.05, 3.63) is 71.8 Å². The number of rotatable bonds is 8. The number of carbonyl (C=O) groups is 1. The number of aromatic nitrogens is 4. The van der Waals surface area contributed by atoms with E-state index in [9.17, 15) is 4.79 Å². The number of anilines is 1. The van der Waals surface area contributed by atoms with Crippen molar-refractivity contribution in [3.8, 4) is 11.4 Å². The molecule has 0 aliphatic heterocycles. The van der Waals surface area contributed by atoms with Gasteiger partial charge < -0.3 is 5.32 Å². The van der Waals surface area contributed by atoms with E-state index >= 15 is 0 Å². The lowest BCUT2D eigenvalue weighted by atomic mass is 10.1. The number of nitrogens with one attached hydrogen (secondary N) is 1. The van der Waals surface area contributed by atoms with Crippen LogP contribution in [0.3, 0.4) is 0 Å². The fourth-order valence-corrected chi connectivity index (χ4v) is 3.86. The summed E-state index contributed by atoms with van der Waals surface area (Å²) in [5.41, 5.74) is 4.92. The van der Waals surface area contributed by atoms with Crippen LogP contribution in [0.5, 0.6) is 0 Å². The molecule has 158 valence electrons. The van der Waals surface area contributed by atoms with E-state index in [4.69, 9.17) is 0 Å². The van der Waals surface area contributed by atoms with Gasteiger partial charge in [-0.1, -0.05) is 67.1 Å². The van der Waals surface area contributed by atoms with E-state index in [1.54, 1.807) is 4.52 Å². The Labute approximate surface area is 186 Å². The normalized spacial score (nSPS) is 11.0. The Morgan fingerprint density at radius 3 is 2.52 bits per heavy atom. The maximum Gasteiger partial charge on any atom is 0.234 e. The van der Waals surface area contributed by atoms with Gasteiger partial charge in [-0.25, -0.2) is 0 Å². The SMILES string of the molecule is CCCCc1ccc(NC(=O)CSc2ccc3nnc(-c4ccc(C)cc4)n3n2)cc1. The number of carbonyl (C=O) groups excluding carboxylic acids is 1. The van der Waals surface area contributed by atoms with E-state index in [0.29, 0.717) is 11.5 Å². The average Bonchev–Trinajstić information content (AvgIpc) is 3.21. The molecule has 0 fully saturated rings. The van der Waals surface area contributed by atoms with Crippen LogP contribution in [0, 0.1) is 6.92 Å². The third kappa shape index (κ3) is 5.30. The van der Waals surface area contributed by atoms with Gasteiger partial charge in [0.2, 0.25) is 5.91 Å². The molecule has 2 aromatic heterocycles. The average molecular weight is 432 g/mol. The lowest BCUT2D eigenvalue weighted by molar-refractivity contribution is -0.113. The molecule has 0 spiro atoms. The quantitative estimate of drug-likeness (QED) is 0.390. The molecule has 0 unspecified atom stereocenters. The Balaban J connectivity index is 1.40. The van der Waals surface area contributed by atoms with E-state index in [1.807, 2.05) is 55.5 Å².